The molecule has 2 rings (SSSR count). The number of amides is 2. The lowest BCUT2D eigenvalue weighted by Gasteiger charge is -2.25. The van der Waals surface area contributed by atoms with E-state index in [2.05, 4.69) is 5.32 Å². The minimum atomic E-state index is -3.71. The molecule has 1 aromatic carbocycles. The fraction of sp³-hybridized carbons (Fsp3) is 0.429. The zero-order chi connectivity index (χ0) is 16.2. The number of piperidine rings is 1. The number of primary sulfonamides is 1. The van der Waals surface area contributed by atoms with E-state index in [1.54, 1.807) is 17.0 Å². The average molecular weight is 325 g/mol. The largest absolute Gasteiger partial charge is 0.350 e. The van der Waals surface area contributed by atoms with Gasteiger partial charge < -0.3 is 10.2 Å². The van der Waals surface area contributed by atoms with E-state index in [1.807, 2.05) is 0 Å². The fourth-order valence-corrected chi connectivity index (χ4v) is 2.77. The Morgan fingerprint density at radius 3 is 2.50 bits per heavy atom. The topological polar surface area (TPSA) is 110 Å². The SMILES string of the molecule is NS(=O)(=O)c1ccc(CNC(=O)CN2CCCCC2=O)cc1. The van der Waals surface area contributed by atoms with Gasteiger partial charge in [0.2, 0.25) is 21.8 Å². The van der Waals surface area contributed by atoms with E-state index < -0.39 is 10.0 Å². The van der Waals surface area contributed by atoms with Crippen LogP contribution in [-0.4, -0.2) is 38.2 Å². The summed E-state index contributed by atoms with van der Waals surface area (Å²) in [5.74, 6) is -0.218. The van der Waals surface area contributed by atoms with Gasteiger partial charge in [-0.25, -0.2) is 13.6 Å². The van der Waals surface area contributed by atoms with Gasteiger partial charge in [0.25, 0.3) is 0 Å². The molecular formula is C14H19N3O4S. The Morgan fingerprint density at radius 1 is 1.23 bits per heavy atom. The van der Waals surface area contributed by atoms with Crippen LogP contribution >= 0.6 is 0 Å². The third-order valence-corrected chi connectivity index (χ3v) is 4.43. The molecule has 8 heteroatoms. The second kappa shape index (κ2) is 6.89. The first-order valence-corrected chi connectivity index (χ1v) is 8.57. The molecule has 1 aliphatic rings. The van der Waals surface area contributed by atoms with E-state index in [4.69, 9.17) is 5.14 Å². The number of sulfonamides is 1. The summed E-state index contributed by atoms with van der Waals surface area (Å²) in [4.78, 5) is 25.0. The van der Waals surface area contributed by atoms with Crippen LogP contribution in [0.25, 0.3) is 0 Å². The van der Waals surface area contributed by atoms with Gasteiger partial charge in [0.1, 0.15) is 0 Å². The van der Waals surface area contributed by atoms with Crippen molar-refractivity contribution in [1.29, 1.82) is 0 Å². The summed E-state index contributed by atoms with van der Waals surface area (Å²) in [5, 5.41) is 7.72. The Bertz CT molecular complexity index is 655. The lowest BCUT2D eigenvalue weighted by Crippen LogP contribution is -2.42. The monoisotopic (exact) mass is 325 g/mol. The number of rotatable bonds is 5. The summed E-state index contributed by atoms with van der Waals surface area (Å²) in [6.45, 7) is 0.954. The van der Waals surface area contributed by atoms with E-state index in [0.717, 1.165) is 18.4 Å². The summed E-state index contributed by atoms with van der Waals surface area (Å²) >= 11 is 0. The van der Waals surface area contributed by atoms with Crippen molar-refractivity contribution in [2.75, 3.05) is 13.1 Å². The molecule has 3 N–H and O–H groups in total. The van der Waals surface area contributed by atoms with Gasteiger partial charge in [-0.3, -0.25) is 9.59 Å². The second-order valence-corrected chi connectivity index (χ2v) is 6.80. The highest BCUT2D eigenvalue weighted by atomic mass is 32.2. The van der Waals surface area contributed by atoms with Crippen LogP contribution in [0.2, 0.25) is 0 Å². The van der Waals surface area contributed by atoms with Crippen molar-refractivity contribution in [2.24, 2.45) is 5.14 Å². The number of benzene rings is 1. The Morgan fingerprint density at radius 2 is 1.91 bits per heavy atom. The number of carbonyl (C=O) groups is 2. The molecule has 22 heavy (non-hydrogen) atoms. The highest BCUT2D eigenvalue weighted by Crippen LogP contribution is 2.10. The molecule has 0 aromatic heterocycles. The lowest BCUT2D eigenvalue weighted by atomic mass is 10.1. The van der Waals surface area contributed by atoms with Crippen molar-refractivity contribution in [3.63, 3.8) is 0 Å². The number of nitrogens with two attached hydrogens (primary N) is 1. The lowest BCUT2D eigenvalue weighted by molar-refractivity contribution is -0.137. The maximum absolute atomic E-state index is 11.8. The van der Waals surface area contributed by atoms with Crippen LogP contribution in [-0.2, 0) is 26.2 Å². The molecule has 1 heterocycles. The first kappa shape index (κ1) is 16.4. The molecule has 0 radical (unpaired) electrons. The first-order valence-electron chi connectivity index (χ1n) is 7.02. The third kappa shape index (κ3) is 4.54. The minimum absolute atomic E-state index is 0.0129. The van der Waals surface area contributed by atoms with Crippen LogP contribution in [0.15, 0.2) is 29.2 Å². The Balaban J connectivity index is 1.84. The smallest absolute Gasteiger partial charge is 0.239 e. The van der Waals surface area contributed by atoms with Crippen molar-refractivity contribution < 1.29 is 18.0 Å². The number of likely N-dealkylation sites (tertiary alicyclic amines) is 1. The van der Waals surface area contributed by atoms with Gasteiger partial charge in [0.15, 0.2) is 0 Å². The molecule has 2 amide bonds. The number of nitrogens with one attached hydrogen (secondary N) is 1. The summed E-state index contributed by atoms with van der Waals surface area (Å²) in [5.41, 5.74) is 0.755. The second-order valence-electron chi connectivity index (χ2n) is 5.24. The number of hydrogen-bond donors (Lipinski definition) is 2. The molecule has 0 aliphatic carbocycles. The van der Waals surface area contributed by atoms with E-state index in [1.165, 1.54) is 12.1 Å². The van der Waals surface area contributed by atoms with Crippen molar-refractivity contribution in [3.8, 4) is 0 Å². The number of hydrogen-bond acceptors (Lipinski definition) is 4. The molecule has 0 unspecified atom stereocenters. The average Bonchev–Trinajstić information content (AvgIpc) is 2.47. The number of nitrogens with zero attached hydrogens (tertiary/aromatic N) is 1. The molecule has 0 bridgehead atoms. The number of carbonyl (C=O) groups excluding carboxylic acids is 2. The maximum atomic E-state index is 11.8. The molecule has 1 aliphatic heterocycles. The quantitative estimate of drug-likeness (QED) is 0.791. The van der Waals surface area contributed by atoms with E-state index in [9.17, 15) is 18.0 Å². The predicted molar refractivity (Wildman–Crippen MR) is 80.1 cm³/mol. The van der Waals surface area contributed by atoms with Crippen LogP contribution < -0.4 is 10.5 Å². The summed E-state index contributed by atoms with van der Waals surface area (Å²) in [6.07, 6.45) is 2.31. The van der Waals surface area contributed by atoms with E-state index in [0.29, 0.717) is 13.0 Å². The fourth-order valence-electron chi connectivity index (χ4n) is 2.26. The molecule has 1 saturated heterocycles. The van der Waals surface area contributed by atoms with Gasteiger partial charge in [-0.2, -0.15) is 0 Å². The molecular weight excluding hydrogens is 306 g/mol. The van der Waals surface area contributed by atoms with Crippen molar-refractivity contribution in [1.82, 2.24) is 10.2 Å². The van der Waals surface area contributed by atoms with Crippen LogP contribution in [0.4, 0.5) is 0 Å². The predicted octanol–water partition coefficient (Wildman–Crippen LogP) is -0.0373. The Labute approximate surface area is 129 Å². The van der Waals surface area contributed by atoms with Gasteiger partial charge in [0.05, 0.1) is 11.4 Å². The van der Waals surface area contributed by atoms with Crippen LogP contribution in [0.3, 0.4) is 0 Å². The van der Waals surface area contributed by atoms with Gasteiger partial charge >= 0.3 is 0 Å². The normalized spacial score (nSPS) is 15.7. The molecule has 0 atom stereocenters. The van der Waals surface area contributed by atoms with Gasteiger partial charge in [-0.15, -0.1) is 0 Å². The molecule has 1 aromatic rings. The van der Waals surface area contributed by atoms with Crippen molar-refractivity contribution >= 4 is 21.8 Å². The molecule has 120 valence electrons. The van der Waals surface area contributed by atoms with Crippen molar-refractivity contribution in [3.05, 3.63) is 29.8 Å². The summed E-state index contributed by atoms with van der Waals surface area (Å²) in [6, 6.07) is 5.97. The maximum Gasteiger partial charge on any atom is 0.239 e. The molecule has 7 nitrogen and oxygen atoms in total. The minimum Gasteiger partial charge on any atom is -0.350 e. The molecule has 0 saturated carbocycles. The highest BCUT2D eigenvalue weighted by molar-refractivity contribution is 7.89. The standard InChI is InChI=1S/C14H19N3O4S/c15-22(20,21)12-6-4-11(5-7-12)9-16-13(18)10-17-8-2-1-3-14(17)19/h4-7H,1-3,8-10H2,(H,16,18)(H2,15,20,21). The van der Waals surface area contributed by atoms with E-state index >= 15 is 0 Å². The van der Waals surface area contributed by atoms with Crippen LogP contribution in [0, 0.1) is 0 Å². The Kier molecular flexibility index (Phi) is 5.15. The van der Waals surface area contributed by atoms with Gasteiger partial charge in [0, 0.05) is 19.5 Å². The van der Waals surface area contributed by atoms with Gasteiger partial charge in [-0.05, 0) is 30.5 Å². The summed E-state index contributed by atoms with van der Waals surface area (Å²) in [7, 11) is -3.71. The zero-order valence-corrected chi connectivity index (χ0v) is 12.9. The summed E-state index contributed by atoms with van der Waals surface area (Å²) < 4.78 is 22.3. The Hall–Kier alpha value is -1.93. The molecule has 1 fully saturated rings. The zero-order valence-electron chi connectivity index (χ0n) is 12.1. The van der Waals surface area contributed by atoms with Crippen LogP contribution in [0.1, 0.15) is 24.8 Å². The highest BCUT2D eigenvalue weighted by Gasteiger charge is 2.20. The van der Waals surface area contributed by atoms with E-state index in [-0.39, 0.29) is 29.8 Å². The third-order valence-electron chi connectivity index (χ3n) is 3.50. The first-order chi connectivity index (χ1) is 10.4. The van der Waals surface area contributed by atoms with Crippen molar-refractivity contribution in [2.45, 2.75) is 30.7 Å². The van der Waals surface area contributed by atoms with Gasteiger partial charge in [-0.1, -0.05) is 12.1 Å². The molecule has 0 spiro atoms. The van der Waals surface area contributed by atoms with Crippen LogP contribution in [0.5, 0.6) is 0 Å².